The van der Waals surface area contributed by atoms with E-state index in [0.29, 0.717) is 18.3 Å². The van der Waals surface area contributed by atoms with E-state index in [4.69, 9.17) is 18.9 Å². The van der Waals surface area contributed by atoms with Gasteiger partial charge in [-0.25, -0.2) is 0 Å². The maximum absolute atomic E-state index is 14.3. The van der Waals surface area contributed by atoms with Gasteiger partial charge in [0.15, 0.2) is 6.29 Å². The van der Waals surface area contributed by atoms with Crippen LogP contribution in [0.15, 0.2) is 11.6 Å². The van der Waals surface area contributed by atoms with Crippen molar-refractivity contribution in [3.05, 3.63) is 11.6 Å². The van der Waals surface area contributed by atoms with E-state index < -0.39 is 86.5 Å². The zero-order valence-electron chi connectivity index (χ0n) is 33.7. The SMILES string of the molecule is CC1(C)CC(C(=O)OC2OC(COC3OC(CO)C(O)C(O)C3O)C(O)C(O)C2O)C2CCC3(C)C(=CCC4C5(C)CCC(O)C(C)(C)C5CCC43C)C2C1. The summed E-state index contributed by atoms with van der Waals surface area (Å²) in [5, 5.41) is 83.7. The lowest BCUT2D eigenvalue weighted by molar-refractivity contribution is -0.327. The second kappa shape index (κ2) is 14.5. The predicted octanol–water partition coefficient (Wildman–Crippen LogP) is 2.17. The van der Waals surface area contributed by atoms with Crippen molar-refractivity contribution < 1.29 is 64.6 Å². The van der Waals surface area contributed by atoms with Crippen LogP contribution < -0.4 is 0 Å². The van der Waals surface area contributed by atoms with Crippen molar-refractivity contribution in [1.29, 1.82) is 0 Å². The van der Waals surface area contributed by atoms with Gasteiger partial charge >= 0.3 is 5.97 Å². The van der Waals surface area contributed by atoms with Crippen LogP contribution in [0.2, 0.25) is 0 Å². The molecule has 2 heterocycles. The van der Waals surface area contributed by atoms with Crippen LogP contribution in [0.25, 0.3) is 0 Å². The van der Waals surface area contributed by atoms with Gasteiger partial charge in [0, 0.05) is 0 Å². The highest BCUT2D eigenvalue weighted by Gasteiger charge is 2.67. The van der Waals surface area contributed by atoms with E-state index in [9.17, 15) is 45.6 Å². The molecule has 0 aromatic rings. The average Bonchev–Trinajstić information content (AvgIpc) is 3.12. The van der Waals surface area contributed by atoms with Crippen LogP contribution in [0, 0.1) is 56.7 Å². The normalized spacial score (nSPS) is 53.1. The first-order valence-corrected chi connectivity index (χ1v) is 20.8. The Morgan fingerprint density at radius 1 is 0.745 bits per heavy atom. The topological polar surface area (TPSA) is 216 Å². The molecule has 7 rings (SSSR count). The van der Waals surface area contributed by atoms with Gasteiger partial charge in [-0.2, -0.15) is 0 Å². The Morgan fingerprint density at radius 3 is 2.05 bits per heavy atom. The molecule has 55 heavy (non-hydrogen) atoms. The molecule has 7 aliphatic rings. The molecular weight excluding hydrogens is 712 g/mol. The molecule has 0 aromatic heterocycles. The summed E-state index contributed by atoms with van der Waals surface area (Å²) in [6, 6.07) is 0. The van der Waals surface area contributed by atoms with Gasteiger partial charge in [0.1, 0.15) is 48.8 Å². The molecule has 8 N–H and O–H groups in total. The average molecular weight is 781 g/mol. The lowest BCUT2D eigenvalue weighted by Gasteiger charge is -2.70. The Hall–Kier alpha value is -1.23. The zero-order chi connectivity index (χ0) is 40.2. The molecule has 19 unspecified atom stereocenters. The Balaban J connectivity index is 1.08. The van der Waals surface area contributed by atoms with Crippen molar-refractivity contribution in [2.75, 3.05) is 13.2 Å². The predicted molar refractivity (Wildman–Crippen MR) is 197 cm³/mol. The van der Waals surface area contributed by atoms with Gasteiger partial charge in [-0.15, -0.1) is 0 Å². The standard InChI is InChI=1S/C42H68O13/c1-38(2)16-21-20(10-14-41(6)23(21)8-9-27-40(5)13-12-28(44)39(3,4)26(40)11-15-42(27,41)7)22(17-38)35(51)55-37-34(50)32(48)30(46)25(54-37)19-52-36-33(49)31(47)29(45)24(18-43)53-36/h8,20-22,24-34,36-37,43-50H,9-19H2,1-7H3. The highest BCUT2D eigenvalue weighted by Crippen LogP contribution is 2.74. The molecule has 2 saturated heterocycles. The maximum Gasteiger partial charge on any atom is 0.311 e. The van der Waals surface area contributed by atoms with Crippen LogP contribution in [-0.2, 0) is 23.7 Å². The Labute approximate surface area is 325 Å². The third kappa shape index (κ3) is 6.58. The Morgan fingerprint density at radius 2 is 1.38 bits per heavy atom. The van der Waals surface area contributed by atoms with Gasteiger partial charge in [-0.05, 0) is 109 Å². The molecule has 19 atom stereocenters. The number of hydrogen-bond acceptors (Lipinski definition) is 13. The molecular formula is C42H68O13. The van der Waals surface area contributed by atoms with Crippen molar-refractivity contribution in [2.45, 2.75) is 174 Å². The number of esters is 1. The molecule has 0 bridgehead atoms. The van der Waals surface area contributed by atoms with Crippen LogP contribution in [0.3, 0.4) is 0 Å². The third-order valence-corrected chi connectivity index (χ3v) is 16.9. The molecule has 5 aliphatic carbocycles. The highest BCUT2D eigenvalue weighted by atomic mass is 16.7. The Bertz CT molecular complexity index is 1470. The minimum absolute atomic E-state index is 0.0252. The highest BCUT2D eigenvalue weighted by molar-refractivity contribution is 5.73. The minimum Gasteiger partial charge on any atom is -0.432 e. The molecule has 6 fully saturated rings. The molecule has 314 valence electrons. The summed E-state index contributed by atoms with van der Waals surface area (Å²) >= 11 is 0. The van der Waals surface area contributed by atoms with E-state index in [2.05, 4.69) is 54.5 Å². The fraction of sp³-hybridized carbons (Fsp3) is 0.929. The number of rotatable bonds is 6. The van der Waals surface area contributed by atoms with Crippen LogP contribution >= 0.6 is 0 Å². The lowest BCUT2D eigenvalue weighted by Crippen LogP contribution is -2.64. The van der Waals surface area contributed by atoms with Gasteiger partial charge in [0.25, 0.3) is 0 Å². The first-order valence-electron chi connectivity index (χ1n) is 20.8. The summed E-state index contributed by atoms with van der Waals surface area (Å²) < 4.78 is 22.7. The summed E-state index contributed by atoms with van der Waals surface area (Å²) in [6.07, 6.45) is -5.10. The summed E-state index contributed by atoms with van der Waals surface area (Å²) in [7, 11) is 0. The maximum atomic E-state index is 14.3. The van der Waals surface area contributed by atoms with E-state index in [1.54, 1.807) is 0 Å². The largest absolute Gasteiger partial charge is 0.432 e. The molecule has 0 spiro atoms. The molecule has 0 aromatic carbocycles. The van der Waals surface area contributed by atoms with Crippen molar-refractivity contribution in [3.8, 4) is 0 Å². The number of aliphatic hydroxyl groups is 8. The Kier molecular flexibility index (Phi) is 11.0. The van der Waals surface area contributed by atoms with Gasteiger partial charge in [-0.3, -0.25) is 4.79 Å². The number of aliphatic hydroxyl groups excluding tert-OH is 8. The van der Waals surface area contributed by atoms with Crippen molar-refractivity contribution in [2.24, 2.45) is 56.7 Å². The molecule has 13 nitrogen and oxygen atoms in total. The number of hydrogen-bond donors (Lipinski definition) is 8. The number of carbonyl (C=O) groups excluding carboxylic acids is 1. The summed E-state index contributed by atoms with van der Waals surface area (Å²) in [5.74, 6) is 0.152. The second-order valence-corrected chi connectivity index (χ2v) is 20.6. The van der Waals surface area contributed by atoms with Gasteiger partial charge in [-0.1, -0.05) is 60.1 Å². The first kappa shape index (κ1) is 41.9. The van der Waals surface area contributed by atoms with E-state index in [0.717, 1.165) is 51.4 Å². The van der Waals surface area contributed by atoms with E-state index in [-0.39, 0.29) is 45.0 Å². The summed E-state index contributed by atoms with van der Waals surface area (Å²) in [4.78, 5) is 14.3. The lowest BCUT2D eigenvalue weighted by atomic mass is 9.34. The number of allylic oxidation sites excluding steroid dienone is 2. The van der Waals surface area contributed by atoms with Crippen LogP contribution in [-0.4, -0.2) is 128 Å². The molecule has 2 aliphatic heterocycles. The molecule has 0 amide bonds. The smallest absolute Gasteiger partial charge is 0.311 e. The van der Waals surface area contributed by atoms with Crippen LogP contribution in [0.4, 0.5) is 0 Å². The first-order chi connectivity index (χ1) is 25.6. The van der Waals surface area contributed by atoms with Gasteiger partial charge in [0.2, 0.25) is 6.29 Å². The van der Waals surface area contributed by atoms with Gasteiger partial charge < -0.3 is 59.8 Å². The van der Waals surface area contributed by atoms with Crippen molar-refractivity contribution in [1.82, 2.24) is 0 Å². The third-order valence-electron chi connectivity index (χ3n) is 16.9. The summed E-state index contributed by atoms with van der Waals surface area (Å²) in [5.41, 5.74) is 1.34. The van der Waals surface area contributed by atoms with Crippen molar-refractivity contribution >= 4 is 5.97 Å². The molecule has 0 radical (unpaired) electrons. The van der Waals surface area contributed by atoms with Crippen molar-refractivity contribution in [3.63, 3.8) is 0 Å². The zero-order valence-corrected chi connectivity index (χ0v) is 33.7. The van der Waals surface area contributed by atoms with E-state index in [1.807, 2.05) is 0 Å². The molecule has 4 saturated carbocycles. The van der Waals surface area contributed by atoms with Crippen LogP contribution in [0.1, 0.15) is 106 Å². The van der Waals surface area contributed by atoms with Gasteiger partial charge in [0.05, 0.1) is 25.2 Å². The minimum atomic E-state index is -1.75. The van der Waals surface area contributed by atoms with E-state index in [1.165, 1.54) is 5.57 Å². The quantitative estimate of drug-likeness (QED) is 0.144. The fourth-order valence-corrected chi connectivity index (χ4v) is 13.6. The monoisotopic (exact) mass is 780 g/mol. The number of ether oxygens (including phenoxy) is 4. The number of carbonyl (C=O) groups is 1. The second-order valence-electron chi connectivity index (χ2n) is 20.6. The number of fused-ring (bicyclic) bond motifs is 7. The van der Waals surface area contributed by atoms with E-state index >= 15 is 0 Å². The fourth-order valence-electron chi connectivity index (χ4n) is 13.6. The molecule has 13 heteroatoms. The van der Waals surface area contributed by atoms with Crippen LogP contribution in [0.5, 0.6) is 0 Å². The summed E-state index contributed by atoms with van der Waals surface area (Å²) in [6.45, 7) is 15.3.